The van der Waals surface area contributed by atoms with E-state index in [-0.39, 0.29) is 0 Å². The third kappa shape index (κ3) is 5.64. The number of aromatic amines is 1. The molecule has 0 saturated heterocycles. The summed E-state index contributed by atoms with van der Waals surface area (Å²) in [6.07, 6.45) is 1.96. The largest absolute Gasteiger partial charge is 0.361 e. The molecule has 3 heteroatoms. The molecule has 0 unspecified atom stereocenters. The molecular weight excluding hydrogens is 534 g/mol. The molecule has 7 rings (SSSR count). The first-order valence-electron chi connectivity index (χ1n) is 14.8. The van der Waals surface area contributed by atoms with Gasteiger partial charge in [0.2, 0.25) is 0 Å². The van der Waals surface area contributed by atoms with Crippen LogP contribution in [0, 0.1) is 0 Å². The van der Waals surface area contributed by atoms with Gasteiger partial charge in [0.15, 0.2) is 5.84 Å². The molecule has 44 heavy (non-hydrogen) atoms. The van der Waals surface area contributed by atoms with Crippen molar-refractivity contribution >= 4 is 22.3 Å². The van der Waals surface area contributed by atoms with Crippen molar-refractivity contribution in [1.82, 2.24) is 4.98 Å². The van der Waals surface area contributed by atoms with Gasteiger partial charge >= 0.3 is 0 Å². The molecule has 0 fully saturated rings. The third-order valence-corrected chi connectivity index (χ3v) is 7.90. The van der Waals surface area contributed by atoms with Crippen LogP contribution in [-0.4, -0.2) is 23.6 Å². The zero-order valence-electron chi connectivity index (χ0n) is 24.5. The average molecular weight is 566 g/mol. The smallest absolute Gasteiger partial charge is 0.154 e. The number of aromatic nitrogens is 1. The highest BCUT2D eigenvalue weighted by molar-refractivity contribution is 6.20. The van der Waals surface area contributed by atoms with Crippen molar-refractivity contribution in [3.63, 3.8) is 0 Å². The lowest BCUT2D eigenvalue weighted by Gasteiger charge is -2.15. The van der Waals surface area contributed by atoms with E-state index in [1.807, 2.05) is 36.5 Å². The molecule has 1 aromatic heterocycles. The zero-order valence-corrected chi connectivity index (χ0v) is 24.5. The summed E-state index contributed by atoms with van der Waals surface area (Å²) in [4.78, 5) is 13.2. The summed E-state index contributed by atoms with van der Waals surface area (Å²) < 4.78 is 0. The molecule has 0 amide bonds. The van der Waals surface area contributed by atoms with Crippen LogP contribution in [0.2, 0.25) is 0 Å². The number of nitrogens with one attached hydrogen (secondary N) is 1. The monoisotopic (exact) mass is 565 g/mol. The van der Waals surface area contributed by atoms with Crippen LogP contribution in [0.25, 0.3) is 44.3 Å². The molecule has 1 N–H and O–H groups in total. The van der Waals surface area contributed by atoms with E-state index in [9.17, 15) is 0 Å². The summed E-state index contributed by atoms with van der Waals surface area (Å²) in [5, 5.41) is 2.44. The van der Waals surface area contributed by atoms with Crippen LogP contribution < -0.4 is 0 Å². The van der Waals surface area contributed by atoms with Gasteiger partial charge in [0, 0.05) is 35.6 Å². The molecule has 0 radical (unpaired) electrons. The molecule has 1 heterocycles. The minimum atomic E-state index is 0.691. The Hall–Kier alpha value is -5.80. The number of nitrogens with zero attached hydrogens (tertiary/aromatic N) is 2. The molecule has 0 spiro atoms. The van der Waals surface area contributed by atoms with Crippen LogP contribution in [0.5, 0.6) is 0 Å². The third-order valence-electron chi connectivity index (χ3n) is 7.90. The Morgan fingerprint density at radius 1 is 0.455 bits per heavy atom. The Kier molecular flexibility index (Phi) is 7.51. The fourth-order valence-corrected chi connectivity index (χ4v) is 5.67. The SMILES string of the molecule is CN=C(N=C(c1ccccc1)c1cc(-c2cccc(-c3ccc[nH]3)c2)cc(-c2ccc3ccccc3c2)c1)c1ccccc1. The number of hydrogen-bond acceptors (Lipinski definition) is 1. The number of hydrogen-bond donors (Lipinski definition) is 1. The lowest BCUT2D eigenvalue weighted by Crippen LogP contribution is -2.09. The Labute approximate surface area is 257 Å². The van der Waals surface area contributed by atoms with E-state index in [1.165, 1.54) is 10.8 Å². The first-order valence-corrected chi connectivity index (χ1v) is 14.8. The minimum Gasteiger partial charge on any atom is -0.361 e. The number of fused-ring (bicyclic) bond motifs is 1. The maximum atomic E-state index is 5.24. The molecule has 0 aliphatic carbocycles. The van der Waals surface area contributed by atoms with E-state index in [2.05, 4.69) is 137 Å². The summed E-state index contributed by atoms with van der Waals surface area (Å²) in [6.45, 7) is 0. The Bertz CT molecular complexity index is 2110. The average Bonchev–Trinajstić information content (AvgIpc) is 3.65. The zero-order chi connectivity index (χ0) is 29.7. The minimum absolute atomic E-state index is 0.691. The van der Waals surface area contributed by atoms with Crippen LogP contribution in [0.1, 0.15) is 16.7 Å². The van der Waals surface area contributed by atoms with Crippen LogP contribution >= 0.6 is 0 Å². The number of rotatable bonds is 6. The van der Waals surface area contributed by atoms with Crippen molar-refractivity contribution in [2.24, 2.45) is 9.98 Å². The van der Waals surface area contributed by atoms with E-state index >= 15 is 0 Å². The number of aliphatic imine (C=N–C) groups is 2. The predicted octanol–water partition coefficient (Wildman–Crippen LogP) is 10.1. The quantitative estimate of drug-likeness (QED) is 0.154. The molecule has 0 aliphatic heterocycles. The van der Waals surface area contributed by atoms with Gasteiger partial charge in [-0.25, -0.2) is 4.99 Å². The van der Waals surface area contributed by atoms with Gasteiger partial charge in [-0.1, -0.05) is 115 Å². The lowest BCUT2D eigenvalue weighted by molar-refractivity contribution is 1.38. The van der Waals surface area contributed by atoms with Crippen LogP contribution in [0.4, 0.5) is 0 Å². The van der Waals surface area contributed by atoms with E-state index in [0.29, 0.717) is 5.84 Å². The summed E-state index contributed by atoms with van der Waals surface area (Å²) in [5.74, 6) is 0.691. The molecule has 6 aromatic carbocycles. The van der Waals surface area contributed by atoms with Gasteiger partial charge in [0.05, 0.1) is 5.71 Å². The second-order valence-electron chi connectivity index (χ2n) is 10.8. The molecule has 7 aromatic rings. The standard InChI is InChI=1S/C41H31N3/c1-42-41(31-15-6-3-7-16-31)44-40(30-13-4-2-5-14-30)38-27-36(33-18-10-19-35(25-33)39-20-11-23-43-39)26-37(28-38)34-22-21-29-12-8-9-17-32(29)24-34/h2-28,43H,1H3. The highest BCUT2D eigenvalue weighted by Crippen LogP contribution is 2.33. The van der Waals surface area contributed by atoms with Gasteiger partial charge in [-0.15, -0.1) is 0 Å². The lowest BCUT2D eigenvalue weighted by atomic mass is 9.91. The molecule has 3 nitrogen and oxygen atoms in total. The van der Waals surface area contributed by atoms with E-state index in [1.54, 1.807) is 7.05 Å². The van der Waals surface area contributed by atoms with E-state index < -0.39 is 0 Å². The first-order chi connectivity index (χ1) is 21.7. The van der Waals surface area contributed by atoms with Crippen molar-refractivity contribution in [3.05, 3.63) is 181 Å². The van der Waals surface area contributed by atoms with Gasteiger partial charge in [-0.2, -0.15) is 0 Å². The Balaban J connectivity index is 1.46. The van der Waals surface area contributed by atoms with Crippen LogP contribution in [-0.2, 0) is 0 Å². The summed E-state index contributed by atoms with van der Waals surface area (Å²) in [5.41, 5.74) is 10.7. The molecule has 0 atom stereocenters. The van der Waals surface area contributed by atoms with E-state index in [0.717, 1.165) is 55.9 Å². The topological polar surface area (TPSA) is 40.5 Å². The van der Waals surface area contributed by atoms with Gasteiger partial charge in [-0.3, -0.25) is 4.99 Å². The fraction of sp³-hybridized carbons (Fsp3) is 0.0244. The highest BCUT2D eigenvalue weighted by Gasteiger charge is 2.15. The summed E-state index contributed by atoms with van der Waals surface area (Å²) in [6, 6.07) is 55.4. The second kappa shape index (κ2) is 12.2. The Morgan fingerprint density at radius 2 is 1.09 bits per heavy atom. The van der Waals surface area contributed by atoms with Crippen molar-refractivity contribution in [1.29, 1.82) is 0 Å². The van der Waals surface area contributed by atoms with Crippen LogP contribution in [0.15, 0.2) is 174 Å². The Morgan fingerprint density at radius 3 is 1.80 bits per heavy atom. The van der Waals surface area contributed by atoms with Crippen molar-refractivity contribution in [3.8, 4) is 33.5 Å². The molecule has 0 bridgehead atoms. The summed E-state index contributed by atoms with van der Waals surface area (Å²) in [7, 11) is 1.80. The maximum Gasteiger partial charge on any atom is 0.154 e. The highest BCUT2D eigenvalue weighted by atomic mass is 14.9. The number of amidine groups is 1. The van der Waals surface area contributed by atoms with Gasteiger partial charge in [0.25, 0.3) is 0 Å². The first kappa shape index (κ1) is 27.1. The molecule has 210 valence electrons. The van der Waals surface area contributed by atoms with Gasteiger partial charge in [-0.05, 0) is 81.1 Å². The second-order valence-corrected chi connectivity index (χ2v) is 10.8. The molecular formula is C41H31N3. The van der Waals surface area contributed by atoms with Crippen LogP contribution in [0.3, 0.4) is 0 Å². The number of H-pyrrole nitrogens is 1. The van der Waals surface area contributed by atoms with Crippen molar-refractivity contribution in [2.45, 2.75) is 0 Å². The van der Waals surface area contributed by atoms with Crippen molar-refractivity contribution < 1.29 is 0 Å². The normalized spacial score (nSPS) is 12.0. The molecule has 0 saturated carbocycles. The van der Waals surface area contributed by atoms with Crippen molar-refractivity contribution in [2.75, 3.05) is 7.05 Å². The fourth-order valence-electron chi connectivity index (χ4n) is 5.67. The predicted molar refractivity (Wildman–Crippen MR) is 186 cm³/mol. The summed E-state index contributed by atoms with van der Waals surface area (Å²) >= 11 is 0. The van der Waals surface area contributed by atoms with Gasteiger partial charge in [0.1, 0.15) is 0 Å². The van der Waals surface area contributed by atoms with Gasteiger partial charge < -0.3 is 4.98 Å². The maximum absolute atomic E-state index is 5.24. The number of benzene rings is 6. The molecule has 0 aliphatic rings. The van der Waals surface area contributed by atoms with E-state index in [4.69, 9.17) is 4.99 Å².